The van der Waals surface area contributed by atoms with Gasteiger partial charge in [-0.25, -0.2) is 9.59 Å². The number of ether oxygens (including phenoxy) is 3. The van der Waals surface area contributed by atoms with Gasteiger partial charge in [0.1, 0.15) is 24.3 Å². The molecule has 11 nitrogen and oxygen atoms in total. The van der Waals surface area contributed by atoms with Gasteiger partial charge in [0.15, 0.2) is 0 Å². The summed E-state index contributed by atoms with van der Waals surface area (Å²) in [7, 11) is 1.26. The highest BCUT2D eigenvalue weighted by molar-refractivity contribution is 6.31. The van der Waals surface area contributed by atoms with Crippen molar-refractivity contribution in [1.82, 2.24) is 19.8 Å². The smallest absolute Gasteiger partial charge is 0.408 e. The van der Waals surface area contributed by atoms with E-state index in [1.807, 2.05) is 20.8 Å². The van der Waals surface area contributed by atoms with E-state index in [4.69, 9.17) is 25.8 Å². The molecule has 45 heavy (non-hydrogen) atoms. The second-order valence-corrected chi connectivity index (χ2v) is 14.0. The first kappa shape index (κ1) is 31.2. The average Bonchev–Trinajstić information content (AvgIpc) is 3.49. The zero-order valence-corrected chi connectivity index (χ0v) is 26.8. The van der Waals surface area contributed by atoms with Crippen molar-refractivity contribution in [3.05, 3.63) is 33.6 Å². The van der Waals surface area contributed by atoms with Crippen LogP contribution in [-0.4, -0.2) is 70.4 Å². The van der Waals surface area contributed by atoms with Crippen LogP contribution in [0.4, 0.5) is 4.79 Å². The number of carbonyl (C=O) groups is 3. The third kappa shape index (κ3) is 6.09. The highest BCUT2D eigenvalue weighted by atomic mass is 35.5. The molecule has 0 radical (unpaired) electrons. The number of nitrogens with one attached hydrogen (secondary N) is 1. The number of methoxy groups -OCH3 is 1. The number of rotatable bonds is 1. The van der Waals surface area contributed by atoms with Gasteiger partial charge in [-0.05, 0) is 42.9 Å². The maximum Gasteiger partial charge on any atom is 0.408 e. The van der Waals surface area contributed by atoms with Gasteiger partial charge in [0.05, 0.1) is 24.6 Å². The number of hydrogen-bond donors (Lipinski definition) is 1. The molecular weight excluding hydrogens is 600 g/mol. The third-order valence-electron chi connectivity index (χ3n) is 9.52. The van der Waals surface area contributed by atoms with Crippen molar-refractivity contribution in [3.63, 3.8) is 0 Å². The number of benzene rings is 1. The normalized spacial score (nSPS) is 30.2. The first-order valence-electron chi connectivity index (χ1n) is 15.7. The molecule has 2 aliphatic heterocycles. The number of fused-ring (bicyclic) bond motifs is 7. The van der Waals surface area contributed by atoms with Crippen LogP contribution in [0.25, 0.3) is 10.9 Å². The molecular formula is C33H39ClN4O7. The number of halogens is 1. The van der Waals surface area contributed by atoms with Crippen LogP contribution in [0.3, 0.4) is 0 Å². The Labute approximate surface area is 266 Å². The number of hydrogen-bond acceptors (Lipinski definition) is 8. The lowest BCUT2D eigenvalue weighted by atomic mass is 9.81. The summed E-state index contributed by atoms with van der Waals surface area (Å²) < 4.78 is 18.9. The van der Waals surface area contributed by atoms with Crippen LogP contribution < -0.4 is 15.6 Å². The minimum absolute atomic E-state index is 0.0246. The molecule has 7 atom stereocenters. The monoisotopic (exact) mass is 638 g/mol. The van der Waals surface area contributed by atoms with E-state index in [-0.39, 0.29) is 48.4 Å². The van der Waals surface area contributed by atoms with Crippen molar-refractivity contribution in [2.24, 2.45) is 23.2 Å². The number of alkyl carbamates (subject to hydrolysis) is 1. The van der Waals surface area contributed by atoms with Gasteiger partial charge < -0.3 is 24.4 Å². The fourth-order valence-corrected chi connectivity index (χ4v) is 7.26. The van der Waals surface area contributed by atoms with E-state index >= 15 is 0 Å². The van der Waals surface area contributed by atoms with Gasteiger partial charge in [-0.3, -0.25) is 14.2 Å². The largest absolute Gasteiger partial charge is 0.467 e. The van der Waals surface area contributed by atoms with E-state index in [1.165, 1.54) is 16.6 Å². The number of aromatic nitrogens is 2. The standard InChI is InChI=1S/C33H39ClN4O7/c1-33(2,3)27-29(40)38-17-20(16-25(38)30(41)43-4)44-31-35-24-15-19(34)10-12-23(24)28(39)37(31)13-7-5-6-8-22-21-11-9-18(21)14-26(22)45-32(42)36-27/h10,12,15,18,20-22,25-27H,5-8,13-14,16-17H2,1-4H3,(H,36,42). The Morgan fingerprint density at radius 3 is 2.62 bits per heavy atom. The Hall–Kier alpha value is -3.78. The second-order valence-electron chi connectivity index (χ2n) is 13.6. The van der Waals surface area contributed by atoms with Crippen molar-refractivity contribution < 1.29 is 28.6 Å². The Morgan fingerprint density at radius 2 is 1.91 bits per heavy atom. The molecule has 1 N–H and O–H groups in total. The van der Waals surface area contributed by atoms with Crippen LogP contribution in [-0.2, 0) is 25.6 Å². The van der Waals surface area contributed by atoms with Crippen molar-refractivity contribution >= 4 is 40.5 Å². The van der Waals surface area contributed by atoms with Crippen LogP contribution in [0.1, 0.15) is 59.3 Å². The van der Waals surface area contributed by atoms with Gasteiger partial charge in [0.25, 0.3) is 11.6 Å². The maximum absolute atomic E-state index is 14.2. The first-order valence-corrected chi connectivity index (χ1v) is 16.1. The molecule has 1 saturated carbocycles. The van der Waals surface area contributed by atoms with Crippen LogP contribution in [0.2, 0.25) is 5.02 Å². The molecule has 4 aliphatic rings. The molecule has 2 aliphatic carbocycles. The van der Waals surface area contributed by atoms with E-state index < -0.39 is 41.6 Å². The van der Waals surface area contributed by atoms with E-state index in [0.29, 0.717) is 35.3 Å². The molecule has 12 heteroatoms. The van der Waals surface area contributed by atoms with E-state index in [2.05, 4.69) is 22.1 Å². The van der Waals surface area contributed by atoms with Crippen LogP contribution in [0, 0.1) is 35.0 Å². The summed E-state index contributed by atoms with van der Waals surface area (Å²) >= 11 is 6.23. The predicted octanol–water partition coefficient (Wildman–Crippen LogP) is 3.92. The number of carbonyl (C=O) groups excluding carboxylic acids is 3. The number of nitrogens with zero attached hydrogens (tertiary/aromatic N) is 3. The van der Waals surface area contributed by atoms with Gasteiger partial charge in [-0.2, -0.15) is 4.98 Å². The Morgan fingerprint density at radius 1 is 1.11 bits per heavy atom. The average molecular weight is 639 g/mol. The summed E-state index contributed by atoms with van der Waals surface area (Å²) in [5.41, 5.74) is -0.563. The summed E-state index contributed by atoms with van der Waals surface area (Å²) in [5.74, 6) is 5.91. The lowest BCUT2D eigenvalue weighted by Crippen LogP contribution is -2.57. The van der Waals surface area contributed by atoms with Gasteiger partial charge in [0.2, 0.25) is 5.91 Å². The topological polar surface area (TPSA) is 129 Å². The van der Waals surface area contributed by atoms with Crippen molar-refractivity contribution in [2.75, 3.05) is 13.7 Å². The Balaban J connectivity index is 1.37. The van der Waals surface area contributed by atoms with Gasteiger partial charge >= 0.3 is 12.1 Å². The van der Waals surface area contributed by atoms with Gasteiger partial charge in [-0.1, -0.05) is 57.1 Å². The molecule has 240 valence electrons. The zero-order valence-electron chi connectivity index (χ0n) is 26.0. The zero-order chi connectivity index (χ0) is 32.0. The molecule has 2 aromatic rings. The van der Waals surface area contributed by atoms with E-state index in [0.717, 1.165) is 19.3 Å². The number of esters is 1. The van der Waals surface area contributed by atoms with Crippen molar-refractivity contribution in [2.45, 2.75) is 90.1 Å². The first-order chi connectivity index (χ1) is 21.4. The fourth-order valence-electron chi connectivity index (χ4n) is 7.09. The highest BCUT2D eigenvalue weighted by Gasteiger charge is 2.49. The summed E-state index contributed by atoms with van der Waals surface area (Å²) in [6, 6.07) is 3.08. The summed E-state index contributed by atoms with van der Waals surface area (Å²) in [4.78, 5) is 60.2. The summed E-state index contributed by atoms with van der Waals surface area (Å²) in [5, 5.41) is 3.69. The number of amides is 2. The fraction of sp³-hybridized carbons (Fsp3) is 0.606. The van der Waals surface area contributed by atoms with Crippen molar-refractivity contribution in [1.29, 1.82) is 0 Å². The van der Waals surface area contributed by atoms with Gasteiger partial charge in [-0.15, -0.1) is 0 Å². The lowest BCUT2D eigenvalue weighted by molar-refractivity contribution is -0.152. The van der Waals surface area contributed by atoms with E-state index in [1.54, 1.807) is 18.2 Å². The molecule has 1 saturated heterocycles. The summed E-state index contributed by atoms with van der Waals surface area (Å²) in [6.07, 6.45) is 2.38. The predicted molar refractivity (Wildman–Crippen MR) is 166 cm³/mol. The van der Waals surface area contributed by atoms with Gasteiger partial charge in [0, 0.05) is 35.7 Å². The lowest BCUT2D eigenvalue weighted by Gasteiger charge is -2.35. The minimum Gasteiger partial charge on any atom is -0.467 e. The Kier molecular flexibility index (Phi) is 8.46. The quantitative estimate of drug-likeness (QED) is 0.368. The third-order valence-corrected chi connectivity index (χ3v) is 9.76. The SMILES string of the molecule is COC(=O)C1CC2CN1C(=O)C(C(C)(C)C)NC(=O)OC1CC3C#CC3C1CCCCCn1c(nc3cc(Cl)ccc3c1=O)O2. The molecule has 2 fully saturated rings. The van der Waals surface area contributed by atoms with E-state index in [9.17, 15) is 19.2 Å². The molecule has 7 unspecified atom stereocenters. The molecule has 3 heterocycles. The van der Waals surface area contributed by atoms with Crippen LogP contribution in [0.15, 0.2) is 23.0 Å². The Bertz CT molecular complexity index is 1640. The molecule has 1 aromatic heterocycles. The van der Waals surface area contributed by atoms with Crippen molar-refractivity contribution in [3.8, 4) is 17.9 Å². The highest BCUT2D eigenvalue weighted by Crippen LogP contribution is 2.45. The summed E-state index contributed by atoms with van der Waals surface area (Å²) in [6.45, 7) is 5.92. The molecule has 1 aromatic carbocycles. The molecule has 6 rings (SSSR count). The molecule has 2 bridgehead atoms. The molecule has 2 amide bonds. The maximum atomic E-state index is 14.2. The van der Waals surface area contributed by atoms with Crippen LogP contribution in [0.5, 0.6) is 6.01 Å². The molecule has 0 spiro atoms. The minimum atomic E-state index is -0.998. The van der Waals surface area contributed by atoms with Crippen LogP contribution >= 0.6 is 11.6 Å². The second kappa shape index (κ2) is 12.2.